The predicted molar refractivity (Wildman–Crippen MR) is 99.0 cm³/mol. The molecule has 0 bridgehead atoms. The third-order valence-corrected chi connectivity index (χ3v) is 3.66. The zero-order chi connectivity index (χ0) is 17.6. The van der Waals surface area contributed by atoms with Crippen LogP contribution in [0, 0.1) is 5.82 Å². The van der Waals surface area contributed by atoms with Crippen LogP contribution in [0.4, 0.5) is 27.1 Å². The van der Waals surface area contributed by atoms with Gasteiger partial charge in [0.05, 0.1) is 14.2 Å². The van der Waals surface area contributed by atoms with Crippen molar-refractivity contribution in [3.05, 3.63) is 72.5 Å². The number of hydrogen-bond donors (Lipinski definition) is 2. The van der Waals surface area contributed by atoms with Crippen molar-refractivity contribution in [1.82, 2.24) is 0 Å². The zero-order valence-electron chi connectivity index (χ0n) is 14.0. The summed E-state index contributed by atoms with van der Waals surface area (Å²) in [6.07, 6.45) is 0. The number of benzene rings is 3. The second kappa shape index (κ2) is 7.57. The van der Waals surface area contributed by atoms with Crippen LogP contribution in [-0.2, 0) is 0 Å². The van der Waals surface area contributed by atoms with Crippen molar-refractivity contribution in [3.63, 3.8) is 0 Å². The second-order valence-electron chi connectivity index (χ2n) is 5.44. The molecule has 2 N–H and O–H groups in total. The van der Waals surface area contributed by atoms with Gasteiger partial charge in [-0.05, 0) is 66.7 Å². The van der Waals surface area contributed by atoms with Crippen molar-refractivity contribution >= 4 is 22.7 Å². The highest BCUT2D eigenvalue weighted by Gasteiger charge is 2.03. The van der Waals surface area contributed by atoms with Crippen LogP contribution in [0.2, 0.25) is 0 Å². The molecule has 25 heavy (non-hydrogen) atoms. The van der Waals surface area contributed by atoms with E-state index in [0.717, 1.165) is 22.9 Å². The van der Waals surface area contributed by atoms with Gasteiger partial charge >= 0.3 is 0 Å². The minimum Gasteiger partial charge on any atom is -0.497 e. The summed E-state index contributed by atoms with van der Waals surface area (Å²) in [5.41, 5.74) is 3.01. The molecule has 0 amide bonds. The molecule has 0 saturated heterocycles. The van der Waals surface area contributed by atoms with E-state index in [9.17, 15) is 4.39 Å². The molecule has 0 heterocycles. The Morgan fingerprint density at radius 1 is 0.600 bits per heavy atom. The standard InChI is InChI=1S/C20H19FN2O2/c1-24-19-7-3-15(4-8-19)22-17-11-14(21)12-18(13-17)23-16-5-9-20(25-2)10-6-16/h3-13,22-23H,1-2H3. The quantitative estimate of drug-likeness (QED) is 0.637. The Hall–Kier alpha value is -3.21. The molecule has 4 nitrogen and oxygen atoms in total. The molecule has 0 spiro atoms. The second-order valence-corrected chi connectivity index (χ2v) is 5.44. The van der Waals surface area contributed by atoms with Crippen molar-refractivity contribution in [2.75, 3.05) is 24.9 Å². The molecule has 5 heteroatoms. The van der Waals surface area contributed by atoms with Gasteiger partial charge in [-0.3, -0.25) is 0 Å². The van der Waals surface area contributed by atoms with E-state index in [1.165, 1.54) is 12.1 Å². The number of rotatable bonds is 6. The van der Waals surface area contributed by atoms with E-state index in [0.29, 0.717) is 11.4 Å². The molecule has 0 saturated carbocycles. The van der Waals surface area contributed by atoms with E-state index in [1.807, 2.05) is 54.6 Å². The maximum atomic E-state index is 14.0. The summed E-state index contributed by atoms with van der Waals surface area (Å²) in [7, 11) is 3.23. The summed E-state index contributed by atoms with van der Waals surface area (Å²) < 4.78 is 24.2. The van der Waals surface area contributed by atoms with Crippen molar-refractivity contribution in [3.8, 4) is 11.5 Å². The van der Waals surface area contributed by atoms with Gasteiger partial charge in [-0.25, -0.2) is 4.39 Å². The van der Waals surface area contributed by atoms with E-state index in [4.69, 9.17) is 9.47 Å². The summed E-state index contributed by atoms with van der Waals surface area (Å²) >= 11 is 0. The van der Waals surface area contributed by atoms with E-state index >= 15 is 0 Å². The van der Waals surface area contributed by atoms with Crippen LogP contribution in [0.1, 0.15) is 0 Å². The highest BCUT2D eigenvalue weighted by Crippen LogP contribution is 2.26. The Bertz CT molecular complexity index is 766. The molecule has 0 atom stereocenters. The topological polar surface area (TPSA) is 42.5 Å². The SMILES string of the molecule is COc1ccc(Nc2cc(F)cc(Nc3ccc(OC)cc3)c2)cc1. The summed E-state index contributed by atoms with van der Waals surface area (Å²) in [6, 6.07) is 19.6. The monoisotopic (exact) mass is 338 g/mol. The maximum absolute atomic E-state index is 14.0. The number of methoxy groups -OCH3 is 2. The fourth-order valence-corrected chi connectivity index (χ4v) is 2.42. The average Bonchev–Trinajstić information content (AvgIpc) is 2.62. The summed E-state index contributed by atoms with van der Waals surface area (Å²) in [5, 5.41) is 6.37. The molecule has 3 aromatic rings. The number of anilines is 4. The molecule has 0 fully saturated rings. The third-order valence-electron chi connectivity index (χ3n) is 3.66. The zero-order valence-corrected chi connectivity index (χ0v) is 14.0. The molecule has 0 radical (unpaired) electrons. The molecule has 3 aromatic carbocycles. The van der Waals surface area contributed by atoms with Gasteiger partial charge in [0.15, 0.2) is 0 Å². The summed E-state index contributed by atoms with van der Waals surface area (Å²) in [6.45, 7) is 0. The fourth-order valence-electron chi connectivity index (χ4n) is 2.42. The fraction of sp³-hybridized carbons (Fsp3) is 0.100. The smallest absolute Gasteiger partial charge is 0.127 e. The number of hydrogen-bond acceptors (Lipinski definition) is 4. The van der Waals surface area contributed by atoms with Crippen LogP contribution < -0.4 is 20.1 Å². The Balaban J connectivity index is 1.76. The minimum atomic E-state index is -0.325. The minimum absolute atomic E-state index is 0.325. The molecular formula is C20H19FN2O2. The van der Waals surface area contributed by atoms with Crippen LogP contribution >= 0.6 is 0 Å². The molecule has 0 aromatic heterocycles. The van der Waals surface area contributed by atoms with Crippen molar-refractivity contribution in [2.24, 2.45) is 0 Å². The molecule has 0 aliphatic carbocycles. The van der Waals surface area contributed by atoms with Gasteiger partial charge in [-0.15, -0.1) is 0 Å². The lowest BCUT2D eigenvalue weighted by Crippen LogP contribution is -1.95. The Morgan fingerprint density at radius 3 is 1.36 bits per heavy atom. The molecule has 0 unspecified atom stereocenters. The van der Waals surface area contributed by atoms with Gasteiger partial charge in [0, 0.05) is 22.7 Å². The van der Waals surface area contributed by atoms with E-state index in [-0.39, 0.29) is 5.82 Å². The first-order valence-electron chi connectivity index (χ1n) is 7.79. The molecule has 3 rings (SSSR count). The van der Waals surface area contributed by atoms with Gasteiger partial charge in [0.2, 0.25) is 0 Å². The Morgan fingerprint density at radius 2 is 1.00 bits per heavy atom. The van der Waals surface area contributed by atoms with Gasteiger partial charge in [-0.2, -0.15) is 0 Å². The third kappa shape index (κ3) is 4.41. The van der Waals surface area contributed by atoms with Gasteiger partial charge < -0.3 is 20.1 Å². The van der Waals surface area contributed by atoms with Gasteiger partial charge in [0.25, 0.3) is 0 Å². The van der Waals surface area contributed by atoms with Crippen molar-refractivity contribution in [1.29, 1.82) is 0 Å². The van der Waals surface area contributed by atoms with Crippen molar-refractivity contribution < 1.29 is 13.9 Å². The predicted octanol–water partition coefficient (Wildman–Crippen LogP) is 5.33. The average molecular weight is 338 g/mol. The highest BCUT2D eigenvalue weighted by molar-refractivity contribution is 5.69. The number of nitrogens with one attached hydrogen (secondary N) is 2. The van der Waals surface area contributed by atoms with Gasteiger partial charge in [0.1, 0.15) is 17.3 Å². The normalized spacial score (nSPS) is 10.2. The van der Waals surface area contributed by atoms with Crippen LogP contribution in [-0.4, -0.2) is 14.2 Å². The summed E-state index contributed by atoms with van der Waals surface area (Å²) in [5.74, 6) is 1.22. The van der Waals surface area contributed by atoms with Crippen LogP contribution in [0.3, 0.4) is 0 Å². The highest BCUT2D eigenvalue weighted by atomic mass is 19.1. The number of halogens is 1. The lowest BCUT2D eigenvalue weighted by atomic mass is 10.2. The summed E-state index contributed by atoms with van der Waals surface area (Å²) in [4.78, 5) is 0. The Labute approximate surface area is 146 Å². The molecular weight excluding hydrogens is 319 g/mol. The largest absolute Gasteiger partial charge is 0.497 e. The van der Waals surface area contributed by atoms with E-state index < -0.39 is 0 Å². The van der Waals surface area contributed by atoms with E-state index in [2.05, 4.69) is 10.6 Å². The van der Waals surface area contributed by atoms with Crippen LogP contribution in [0.5, 0.6) is 11.5 Å². The van der Waals surface area contributed by atoms with Crippen LogP contribution in [0.15, 0.2) is 66.7 Å². The molecule has 0 aliphatic heterocycles. The van der Waals surface area contributed by atoms with Gasteiger partial charge in [-0.1, -0.05) is 0 Å². The van der Waals surface area contributed by atoms with E-state index in [1.54, 1.807) is 14.2 Å². The lowest BCUT2D eigenvalue weighted by Gasteiger charge is -2.12. The molecule has 128 valence electrons. The lowest BCUT2D eigenvalue weighted by molar-refractivity contribution is 0.415. The first-order valence-corrected chi connectivity index (χ1v) is 7.79. The first kappa shape index (κ1) is 16.6. The molecule has 0 aliphatic rings. The van der Waals surface area contributed by atoms with Crippen LogP contribution in [0.25, 0.3) is 0 Å². The first-order chi connectivity index (χ1) is 12.2. The Kier molecular flexibility index (Phi) is 5.04. The maximum Gasteiger partial charge on any atom is 0.127 e. The van der Waals surface area contributed by atoms with Crippen molar-refractivity contribution in [2.45, 2.75) is 0 Å². The number of ether oxygens (including phenoxy) is 2.